The summed E-state index contributed by atoms with van der Waals surface area (Å²) >= 11 is 0. The second-order valence-corrected chi connectivity index (χ2v) is 5.68. The maximum absolute atomic E-state index is 12.3. The maximum atomic E-state index is 12.3. The van der Waals surface area contributed by atoms with Gasteiger partial charge >= 0.3 is 0 Å². The third-order valence-corrected chi connectivity index (χ3v) is 4.04. The molecule has 2 atom stereocenters. The summed E-state index contributed by atoms with van der Waals surface area (Å²) < 4.78 is 7.43. The van der Waals surface area contributed by atoms with E-state index in [2.05, 4.69) is 15.3 Å². The van der Waals surface area contributed by atoms with E-state index in [-0.39, 0.29) is 12.1 Å². The summed E-state index contributed by atoms with van der Waals surface area (Å²) in [5.74, 6) is 0.224. The van der Waals surface area contributed by atoms with E-state index in [1.807, 2.05) is 35.0 Å². The van der Waals surface area contributed by atoms with Crippen LogP contribution in [0.1, 0.15) is 23.0 Å². The zero-order valence-corrected chi connectivity index (χ0v) is 12.8. The van der Waals surface area contributed by atoms with Crippen LogP contribution in [0.2, 0.25) is 0 Å². The van der Waals surface area contributed by atoms with Crippen LogP contribution in [0.15, 0.2) is 48.9 Å². The summed E-state index contributed by atoms with van der Waals surface area (Å²) in [5, 5.41) is 13.2. The van der Waals surface area contributed by atoms with E-state index in [1.54, 1.807) is 12.1 Å². The number of hydrogen-bond acceptors (Lipinski definition) is 5. The van der Waals surface area contributed by atoms with Crippen molar-refractivity contribution in [1.82, 2.24) is 14.5 Å². The van der Waals surface area contributed by atoms with Crippen molar-refractivity contribution in [2.75, 3.05) is 11.9 Å². The Bertz CT molecular complexity index is 878. The van der Waals surface area contributed by atoms with Gasteiger partial charge in [-0.3, -0.25) is 4.79 Å². The number of ether oxygens (including phenoxy) is 1. The molecule has 1 aromatic carbocycles. The molecule has 1 saturated heterocycles. The average Bonchev–Trinajstić information content (AvgIpc) is 3.22. The molecule has 0 saturated carbocycles. The second-order valence-electron chi connectivity index (χ2n) is 5.68. The van der Waals surface area contributed by atoms with Crippen molar-refractivity contribution >= 4 is 22.8 Å². The summed E-state index contributed by atoms with van der Waals surface area (Å²) in [6, 6.07) is 10.8. The minimum absolute atomic E-state index is 0.226. The van der Waals surface area contributed by atoms with Crippen LogP contribution in [0.3, 0.4) is 0 Å². The lowest BCUT2D eigenvalue weighted by atomic mass is 10.2. The van der Waals surface area contributed by atoms with E-state index < -0.39 is 6.10 Å². The van der Waals surface area contributed by atoms with Crippen LogP contribution in [0, 0.1) is 0 Å². The van der Waals surface area contributed by atoms with Gasteiger partial charge in [-0.25, -0.2) is 9.97 Å². The van der Waals surface area contributed by atoms with E-state index >= 15 is 0 Å². The normalized spacial score (nSPS) is 20.4. The quantitative estimate of drug-likeness (QED) is 0.769. The summed E-state index contributed by atoms with van der Waals surface area (Å²) in [4.78, 5) is 20.8. The number of rotatable bonds is 3. The fourth-order valence-corrected chi connectivity index (χ4v) is 2.86. The van der Waals surface area contributed by atoms with Gasteiger partial charge < -0.3 is 19.7 Å². The summed E-state index contributed by atoms with van der Waals surface area (Å²) in [6.45, 7) is 0.313. The first-order valence-electron chi connectivity index (χ1n) is 7.70. The van der Waals surface area contributed by atoms with Gasteiger partial charge in [0.1, 0.15) is 24.0 Å². The molecule has 7 nitrogen and oxygen atoms in total. The molecule has 122 valence electrons. The molecule has 7 heteroatoms. The van der Waals surface area contributed by atoms with Gasteiger partial charge in [-0.1, -0.05) is 18.2 Å². The number of nitrogens with one attached hydrogen (secondary N) is 1. The molecule has 2 N–H and O–H groups in total. The van der Waals surface area contributed by atoms with Crippen LogP contribution < -0.4 is 5.32 Å². The third kappa shape index (κ3) is 2.64. The SMILES string of the molecule is O=C(Nc1ncnc2c1ccn2[C@H]1C[C@H](O)CO1)c1ccccc1. The topological polar surface area (TPSA) is 89.3 Å². The van der Waals surface area contributed by atoms with Crippen LogP contribution >= 0.6 is 0 Å². The molecule has 4 rings (SSSR count). The largest absolute Gasteiger partial charge is 0.391 e. The number of fused-ring (bicyclic) bond motifs is 1. The van der Waals surface area contributed by atoms with Crippen molar-refractivity contribution < 1.29 is 14.6 Å². The number of aliphatic hydroxyl groups excluding tert-OH is 1. The Morgan fingerprint density at radius 1 is 1.25 bits per heavy atom. The number of aliphatic hydroxyl groups is 1. The number of carbonyl (C=O) groups excluding carboxylic acids is 1. The number of nitrogens with zero attached hydrogens (tertiary/aromatic N) is 3. The second kappa shape index (κ2) is 6.03. The highest BCUT2D eigenvalue weighted by Crippen LogP contribution is 2.29. The molecule has 1 fully saturated rings. The van der Waals surface area contributed by atoms with E-state index in [1.165, 1.54) is 6.33 Å². The first-order valence-corrected chi connectivity index (χ1v) is 7.70. The lowest BCUT2D eigenvalue weighted by Crippen LogP contribution is -2.13. The first kappa shape index (κ1) is 14.8. The predicted molar refractivity (Wildman–Crippen MR) is 87.5 cm³/mol. The molecule has 1 aliphatic rings. The van der Waals surface area contributed by atoms with Gasteiger partial charge in [0.05, 0.1) is 18.1 Å². The Morgan fingerprint density at radius 2 is 2.08 bits per heavy atom. The lowest BCUT2D eigenvalue weighted by molar-refractivity contribution is 0.0506. The number of anilines is 1. The fraction of sp³-hybridized carbons (Fsp3) is 0.235. The Labute approximate surface area is 137 Å². The lowest BCUT2D eigenvalue weighted by Gasteiger charge is -2.12. The Balaban J connectivity index is 1.65. The Hall–Kier alpha value is -2.77. The molecular weight excluding hydrogens is 308 g/mol. The molecule has 2 aromatic heterocycles. The van der Waals surface area contributed by atoms with Crippen LogP contribution in [-0.4, -0.2) is 38.3 Å². The minimum atomic E-state index is -0.466. The first-order chi connectivity index (χ1) is 11.7. The summed E-state index contributed by atoms with van der Waals surface area (Å²) in [7, 11) is 0. The molecule has 0 radical (unpaired) electrons. The van der Waals surface area contributed by atoms with Gasteiger partial charge in [0.25, 0.3) is 5.91 Å². The zero-order chi connectivity index (χ0) is 16.5. The number of aromatic nitrogens is 3. The molecule has 0 bridgehead atoms. The predicted octanol–water partition coefficient (Wildman–Crippen LogP) is 1.96. The van der Waals surface area contributed by atoms with E-state index in [0.29, 0.717) is 30.1 Å². The van der Waals surface area contributed by atoms with Crippen molar-refractivity contribution in [3.63, 3.8) is 0 Å². The van der Waals surface area contributed by atoms with Gasteiger partial charge in [0.2, 0.25) is 0 Å². The van der Waals surface area contributed by atoms with Gasteiger partial charge in [0, 0.05) is 18.2 Å². The highest BCUT2D eigenvalue weighted by atomic mass is 16.5. The van der Waals surface area contributed by atoms with Crippen molar-refractivity contribution in [2.45, 2.75) is 18.8 Å². The standard InChI is InChI=1S/C17H16N4O3/c22-12-8-14(24-9-12)21-7-6-13-15(18-10-19-16(13)21)20-17(23)11-4-2-1-3-5-11/h1-7,10,12,14,22H,8-9H2,(H,18,19,20,23)/t12-,14+/m0/s1. The van der Waals surface area contributed by atoms with E-state index in [4.69, 9.17) is 4.74 Å². The van der Waals surface area contributed by atoms with Crippen LogP contribution in [0.5, 0.6) is 0 Å². The molecule has 3 heterocycles. The van der Waals surface area contributed by atoms with Crippen molar-refractivity contribution in [3.05, 3.63) is 54.5 Å². The maximum Gasteiger partial charge on any atom is 0.256 e. The molecule has 3 aromatic rings. The van der Waals surface area contributed by atoms with Crippen molar-refractivity contribution in [1.29, 1.82) is 0 Å². The molecular formula is C17H16N4O3. The Morgan fingerprint density at radius 3 is 2.83 bits per heavy atom. The number of benzene rings is 1. The molecule has 24 heavy (non-hydrogen) atoms. The molecule has 0 spiro atoms. The monoisotopic (exact) mass is 324 g/mol. The average molecular weight is 324 g/mol. The van der Waals surface area contributed by atoms with Crippen LogP contribution in [-0.2, 0) is 4.74 Å². The number of amides is 1. The highest BCUT2D eigenvalue weighted by Gasteiger charge is 2.26. The minimum Gasteiger partial charge on any atom is -0.391 e. The molecule has 1 amide bonds. The summed E-state index contributed by atoms with van der Waals surface area (Å²) in [5.41, 5.74) is 1.22. The highest BCUT2D eigenvalue weighted by molar-refractivity contribution is 6.07. The molecule has 1 aliphatic heterocycles. The van der Waals surface area contributed by atoms with Crippen LogP contribution in [0.4, 0.5) is 5.82 Å². The third-order valence-electron chi connectivity index (χ3n) is 4.04. The van der Waals surface area contributed by atoms with Gasteiger partial charge in [0.15, 0.2) is 0 Å². The van der Waals surface area contributed by atoms with Gasteiger partial charge in [-0.2, -0.15) is 0 Å². The van der Waals surface area contributed by atoms with Gasteiger partial charge in [-0.15, -0.1) is 0 Å². The van der Waals surface area contributed by atoms with Crippen molar-refractivity contribution in [3.8, 4) is 0 Å². The fourth-order valence-electron chi connectivity index (χ4n) is 2.86. The van der Waals surface area contributed by atoms with E-state index in [9.17, 15) is 9.90 Å². The number of hydrogen-bond donors (Lipinski definition) is 2. The smallest absolute Gasteiger partial charge is 0.256 e. The van der Waals surface area contributed by atoms with Crippen molar-refractivity contribution in [2.24, 2.45) is 0 Å². The van der Waals surface area contributed by atoms with E-state index in [0.717, 1.165) is 5.39 Å². The van der Waals surface area contributed by atoms with Crippen LogP contribution in [0.25, 0.3) is 11.0 Å². The van der Waals surface area contributed by atoms with Gasteiger partial charge in [-0.05, 0) is 18.2 Å². The number of carbonyl (C=O) groups is 1. The Kier molecular flexibility index (Phi) is 3.72. The molecule has 0 aliphatic carbocycles. The molecule has 0 unspecified atom stereocenters. The zero-order valence-electron chi connectivity index (χ0n) is 12.8. The summed E-state index contributed by atoms with van der Waals surface area (Å²) in [6.07, 6.45) is 3.03.